The lowest BCUT2D eigenvalue weighted by molar-refractivity contribution is -0.144. The van der Waals surface area contributed by atoms with Crippen molar-refractivity contribution in [3.63, 3.8) is 0 Å². The van der Waals surface area contributed by atoms with Crippen LogP contribution in [0.1, 0.15) is 41.5 Å². The highest BCUT2D eigenvalue weighted by atomic mass is 28.4. The van der Waals surface area contributed by atoms with Gasteiger partial charge in [0.25, 0.3) is 0 Å². The molecule has 0 spiro atoms. The summed E-state index contributed by atoms with van der Waals surface area (Å²) in [5.41, 5.74) is -0.498. The van der Waals surface area contributed by atoms with Crippen LogP contribution in [0.4, 0.5) is 0 Å². The normalized spacial score (nSPS) is 33.7. The predicted octanol–water partition coefficient (Wildman–Crippen LogP) is 2.99. The maximum absolute atomic E-state index is 12.5. The van der Waals surface area contributed by atoms with Crippen molar-refractivity contribution in [2.45, 2.75) is 77.5 Å². The quantitative estimate of drug-likeness (QED) is 0.736. The topological polar surface area (TPSA) is 38.8 Å². The van der Waals surface area contributed by atoms with Gasteiger partial charge in [-0.15, -0.1) is 0 Å². The number of rotatable bonds is 2. The molecule has 0 radical (unpaired) electrons. The Labute approximate surface area is 123 Å². The first kappa shape index (κ1) is 16.0. The Balaban J connectivity index is 2.24. The van der Waals surface area contributed by atoms with E-state index in [-0.39, 0.29) is 29.0 Å². The van der Waals surface area contributed by atoms with E-state index in [4.69, 9.17) is 9.16 Å². The van der Waals surface area contributed by atoms with Crippen LogP contribution in [0.5, 0.6) is 0 Å². The summed E-state index contributed by atoms with van der Waals surface area (Å²) >= 11 is 0. The lowest BCUT2D eigenvalue weighted by atomic mass is 10.0. The van der Waals surface area contributed by atoms with Crippen LogP contribution in [-0.2, 0) is 14.0 Å². The first-order chi connectivity index (χ1) is 8.88. The summed E-state index contributed by atoms with van der Waals surface area (Å²) in [5.74, 6) is 0.0958. The predicted molar refractivity (Wildman–Crippen MR) is 81.9 cm³/mol. The molecule has 4 nitrogen and oxygen atoms in total. The van der Waals surface area contributed by atoms with Crippen molar-refractivity contribution in [2.75, 3.05) is 6.61 Å². The van der Waals surface area contributed by atoms with E-state index in [0.717, 1.165) is 0 Å². The number of carbonyl (C=O) groups excluding carboxylic acids is 1. The fourth-order valence-electron chi connectivity index (χ4n) is 2.89. The monoisotopic (exact) mass is 299 g/mol. The molecule has 0 aromatic heterocycles. The molecule has 3 atom stereocenters. The zero-order chi connectivity index (χ0) is 15.5. The van der Waals surface area contributed by atoms with Crippen LogP contribution in [0.2, 0.25) is 18.1 Å². The second-order valence-electron chi connectivity index (χ2n) is 8.16. The summed E-state index contributed by atoms with van der Waals surface area (Å²) < 4.78 is 12.3. The van der Waals surface area contributed by atoms with Crippen molar-refractivity contribution in [3.8, 4) is 0 Å². The minimum Gasteiger partial charge on any atom is -0.411 e. The number of hydrogen-bond donors (Lipinski definition) is 0. The Hall–Kier alpha value is -0.393. The molecule has 2 rings (SSSR count). The van der Waals surface area contributed by atoms with Gasteiger partial charge in [-0.3, -0.25) is 4.79 Å². The Morgan fingerprint density at radius 3 is 2.40 bits per heavy atom. The van der Waals surface area contributed by atoms with E-state index >= 15 is 0 Å². The Kier molecular flexibility index (Phi) is 3.64. The third-order valence-corrected chi connectivity index (χ3v) is 9.73. The van der Waals surface area contributed by atoms with Crippen molar-refractivity contribution in [2.24, 2.45) is 5.92 Å². The van der Waals surface area contributed by atoms with Gasteiger partial charge in [0, 0.05) is 0 Å². The number of nitrogens with zero attached hydrogens (tertiary/aromatic N) is 1. The van der Waals surface area contributed by atoms with Crippen LogP contribution in [0.15, 0.2) is 0 Å². The highest BCUT2D eigenvalue weighted by Crippen LogP contribution is 2.44. The van der Waals surface area contributed by atoms with Gasteiger partial charge in [0.05, 0.1) is 24.7 Å². The zero-order valence-electron chi connectivity index (χ0n) is 14.1. The van der Waals surface area contributed by atoms with E-state index in [9.17, 15) is 4.79 Å². The van der Waals surface area contributed by atoms with Crippen LogP contribution in [0, 0.1) is 5.92 Å². The maximum atomic E-state index is 12.5. The Morgan fingerprint density at radius 2 is 1.90 bits per heavy atom. The van der Waals surface area contributed by atoms with Gasteiger partial charge in [-0.25, -0.2) is 0 Å². The van der Waals surface area contributed by atoms with Crippen LogP contribution in [-0.4, -0.2) is 43.6 Å². The molecule has 0 aromatic rings. The second kappa shape index (κ2) is 4.55. The molecule has 0 aliphatic carbocycles. The van der Waals surface area contributed by atoms with Crippen LogP contribution < -0.4 is 0 Å². The molecule has 0 N–H and O–H groups in total. The average Bonchev–Trinajstić information content (AvgIpc) is 2.69. The van der Waals surface area contributed by atoms with Gasteiger partial charge in [0.1, 0.15) is 5.72 Å². The molecule has 20 heavy (non-hydrogen) atoms. The van der Waals surface area contributed by atoms with E-state index < -0.39 is 14.0 Å². The molecule has 2 saturated heterocycles. The number of hydrogen-bond acceptors (Lipinski definition) is 3. The van der Waals surface area contributed by atoms with E-state index in [0.29, 0.717) is 6.61 Å². The van der Waals surface area contributed by atoms with Crippen molar-refractivity contribution in [1.29, 1.82) is 0 Å². The minimum absolute atomic E-state index is 0.0369. The van der Waals surface area contributed by atoms with Gasteiger partial charge >= 0.3 is 0 Å². The van der Waals surface area contributed by atoms with Crippen molar-refractivity contribution in [3.05, 3.63) is 0 Å². The summed E-state index contributed by atoms with van der Waals surface area (Å²) in [7, 11) is -1.88. The molecule has 0 saturated carbocycles. The van der Waals surface area contributed by atoms with Crippen molar-refractivity contribution >= 4 is 14.2 Å². The fraction of sp³-hybridized carbons (Fsp3) is 0.933. The molecule has 0 aromatic carbocycles. The summed E-state index contributed by atoms with van der Waals surface area (Å²) in [6.07, 6.45) is -0.0369. The molecule has 2 aliphatic rings. The maximum Gasteiger partial charge on any atom is 0.230 e. The molecule has 0 bridgehead atoms. The SMILES string of the molecule is C[C@@H]1C(=O)N2[C@H](COC2(C)C)[C@H]1O[Si](C)(C)C(C)(C)C. The molecule has 2 fully saturated rings. The third kappa shape index (κ3) is 2.33. The number of carbonyl (C=O) groups is 1. The van der Waals surface area contributed by atoms with E-state index in [1.165, 1.54) is 0 Å². The van der Waals surface area contributed by atoms with Crippen LogP contribution >= 0.6 is 0 Å². The van der Waals surface area contributed by atoms with Gasteiger partial charge in [0.15, 0.2) is 8.32 Å². The molecule has 1 amide bonds. The van der Waals surface area contributed by atoms with E-state index in [2.05, 4.69) is 33.9 Å². The number of amides is 1. The standard InChI is InChI=1S/C15H29NO3Si/c1-10-12(19-20(7,8)14(2,3)4)11-9-18-15(5,6)16(11)13(10)17/h10-12H,9H2,1-8H3/t10-,11+,12-/m0/s1. The highest BCUT2D eigenvalue weighted by Gasteiger charge is 2.58. The highest BCUT2D eigenvalue weighted by molar-refractivity contribution is 6.74. The molecule has 2 aliphatic heterocycles. The zero-order valence-corrected chi connectivity index (χ0v) is 15.1. The summed E-state index contributed by atoms with van der Waals surface area (Å²) in [6.45, 7) is 17.7. The molecule has 116 valence electrons. The number of fused-ring (bicyclic) bond motifs is 1. The second-order valence-corrected chi connectivity index (χ2v) is 12.9. The Morgan fingerprint density at radius 1 is 1.35 bits per heavy atom. The smallest absolute Gasteiger partial charge is 0.230 e. The number of ether oxygens (including phenoxy) is 1. The fourth-order valence-corrected chi connectivity index (χ4v) is 4.29. The molecular formula is C15H29NO3Si. The summed E-state index contributed by atoms with van der Waals surface area (Å²) in [4.78, 5) is 14.4. The van der Waals surface area contributed by atoms with Crippen LogP contribution in [0.3, 0.4) is 0 Å². The molecular weight excluding hydrogens is 270 g/mol. The lowest BCUT2D eigenvalue weighted by Gasteiger charge is -2.40. The minimum atomic E-state index is -1.88. The van der Waals surface area contributed by atoms with Gasteiger partial charge in [-0.05, 0) is 32.0 Å². The summed E-state index contributed by atoms with van der Waals surface area (Å²) in [5, 5.41) is 0.151. The molecule has 5 heteroatoms. The van der Waals surface area contributed by atoms with E-state index in [1.807, 2.05) is 25.7 Å². The van der Waals surface area contributed by atoms with Gasteiger partial charge in [-0.2, -0.15) is 0 Å². The first-order valence-electron chi connectivity index (χ1n) is 7.53. The molecule has 0 unspecified atom stereocenters. The van der Waals surface area contributed by atoms with E-state index in [1.54, 1.807) is 0 Å². The first-order valence-corrected chi connectivity index (χ1v) is 10.4. The van der Waals surface area contributed by atoms with Gasteiger partial charge in [-0.1, -0.05) is 27.7 Å². The lowest BCUT2D eigenvalue weighted by Crippen LogP contribution is -2.49. The van der Waals surface area contributed by atoms with Crippen LogP contribution in [0.25, 0.3) is 0 Å². The summed E-state index contributed by atoms with van der Waals surface area (Å²) in [6, 6.07) is 0.0709. The van der Waals surface area contributed by atoms with Crippen molar-refractivity contribution in [1.82, 2.24) is 4.90 Å². The largest absolute Gasteiger partial charge is 0.411 e. The third-order valence-electron chi connectivity index (χ3n) is 5.26. The van der Waals surface area contributed by atoms with Crippen molar-refractivity contribution < 1.29 is 14.0 Å². The molecule has 2 heterocycles. The van der Waals surface area contributed by atoms with Gasteiger partial charge in [0.2, 0.25) is 5.91 Å². The Bertz CT molecular complexity index is 414. The average molecular weight is 299 g/mol. The van der Waals surface area contributed by atoms with Gasteiger partial charge < -0.3 is 14.1 Å².